The first-order chi connectivity index (χ1) is 20.3. The summed E-state index contributed by atoms with van der Waals surface area (Å²) in [7, 11) is 0. The summed E-state index contributed by atoms with van der Waals surface area (Å²) < 4.78 is 18.3. The number of rotatable bonds is 9. The standard InChI is InChI=1S/C31H44N6O6/c1-8-9-18-41-27-33-26(36(28(39)42-30(2,3)4)29(40)43-31(5,6)7)25-32-19-23(37(25)34-27)24(38)22-14-12-21(13-15-22)20-35-16-10-11-17-35/h12-15,19,24,38H,8-11,16-18,20H2,1-7H3. The minimum atomic E-state index is -1.11. The molecule has 0 saturated carbocycles. The maximum absolute atomic E-state index is 13.4. The fourth-order valence-corrected chi connectivity index (χ4v) is 4.61. The van der Waals surface area contributed by atoms with Crippen LogP contribution in [0.25, 0.3) is 5.65 Å². The Hall–Kier alpha value is -3.77. The van der Waals surface area contributed by atoms with Crippen molar-refractivity contribution in [3.05, 3.63) is 47.3 Å². The minimum Gasteiger partial charge on any atom is -0.462 e. The summed E-state index contributed by atoms with van der Waals surface area (Å²) in [5.41, 5.74) is 0.311. The normalized spacial score (nSPS) is 15.0. The number of carbonyl (C=O) groups excluding carboxylic acids is 2. The van der Waals surface area contributed by atoms with Crippen LogP contribution in [0.3, 0.4) is 0 Å². The number of carbonyl (C=O) groups is 2. The van der Waals surface area contributed by atoms with Crippen molar-refractivity contribution in [2.45, 2.75) is 98.0 Å². The predicted molar refractivity (Wildman–Crippen MR) is 161 cm³/mol. The van der Waals surface area contributed by atoms with Gasteiger partial charge in [-0.25, -0.2) is 19.1 Å². The number of nitrogens with zero attached hydrogens (tertiary/aromatic N) is 6. The first-order valence-corrected chi connectivity index (χ1v) is 14.9. The lowest BCUT2D eigenvalue weighted by molar-refractivity contribution is 0.0429. The Balaban J connectivity index is 1.76. The SMILES string of the molecule is CCCCOc1nc(N(C(=O)OC(C)(C)C)C(=O)OC(C)(C)C)c2ncc(C(O)c3ccc(CN4CCCC4)cc3)n2n1. The summed E-state index contributed by atoms with van der Waals surface area (Å²) >= 11 is 0. The van der Waals surface area contributed by atoms with Gasteiger partial charge in [-0.2, -0.15) is 9.88 Å². The fourth-order valence-electron chi connectivity index (χ4n) is 4.61. The molecule has 0 bridgehead atoms. The van der Waals surface area contributed by atoms with Crippen LogP contribution >= 0.6 is 0 Å². The summed E-state index contributed by atoms with van der Waals surface area (Å²) in [6.07, 6.45) is 2.38. The van der Waals surface area contributed by atoms with E-state index < -0.39 is 29.5 Å². The maximum Gasteiger partial charge on any atom is 0.425 e. The van der Waals surface area contributed by atoms with Crippen molar-refractivity contribution in [3.8, 4) is 6.01 Å². The molecule has 12 heteroatoms. The molecular weight excluding hydrogens is 552 g/mol. The molecule has 4 rings (SSSR count). The van der Waals surface area contributed by atoms with Crippen LogP contribution in [0.15, 0.2) is 30.5 Å². The number of ether oxygens (including phenoxy) is 3. The number of aliphatic hydroxyl groups excluding tert-OH is 1. The van der Waals surface area contributed by atoms with Gasteiger partial charge >= 0.3 is 18.2 Å². The first-order valence-electron chi connectivity index (χ1n) is 14.9. The summed E-state index contributed by atoms with van der Waals surface area (Å²) in [6, 6.07) is 7.67. The number of likely N-dealkylation sites (tertiary alicyclic amines) is 1. The third-order valence-electron chi connectivity index (χ3n) is 6.62. The van der Waals surface area contributed by atoms with E-state index in [1.165, 1.54) is 23.6 Å². The zero-order chi connectivity index (χ0) is 31.4. The van der Waals surface area contributed by atoms with Gasteiger partial charge in [-0.1, -0.05) is 37.6 Å². The van der Waals surface area contributed by atoms with Crippen molar-refractivity contribution in [2.75, 3.05) is 24.6 Å². The molecule has 1 saturated heterocycles. The number of imidazole rings is 1. The predicted octanol–water partition coefficient (Wildman–Crippen LogP) is 5.66. The molecule has 2 amide bonds. The van der Waals surface area contributed by atoms with Gasteiger partial charge in [0, 0.05) is 6.54 Å². The van der Waals surface area contributed by atoms with Crippen LogP contribution < -0.4 is 9.64 Å². The van der Waals surface area contributed by atoms with Crippen LogP contribution in [-0.4, -0.2) is 72.7 Å². The highest BCUT2D eigenvalue weighted by Gasteiger charge is 2.37. The van der Waals surface area contributed by atoms with Crippen LogP contribution in [0, 0.1) is 0 Å². The molecule has 3 aromatic rings. The second-order valence-electron chi connectivity index (χ2n) is 12.8. The van der Waals surface area contributed by atoms with Gasteiger partial charge in [0.25, 0.3) is 0 Å². The van der Waals surface area contributed by atoms with Crippen LogP contribution in [0.2, 0.25) is 0 Å². The van der Waals surface area contributed by atoms with Gasteiger partial charge in [-0.15, -0.1) is 5.10 Å². The lowest BCUT2D eigenvalue weighted by Crippen LogP contribution is -2.44. The molecule has 1 unspecified atom stereocenters. The average molecular weight is 597 g/mol. The highest BCUT2D eigenvalue weighted by Crippen LogP contribution is 2.30. The smallest absolute Gasteiger partial charge is 0.425 e. The van der Waals surface area contributed by atoms with Gasteiger partial charge in [0.1, 0.15) is 17.3 Å². The summed E-state index contributed by atoms with van der Waals surface area (Å²) in [5, 5.41) is 15.9. The monoisotopic (exact) mass is 596 g/mol. The van der Waals surface area contributed by atoms with E-state index in [-0.39, 0.29) is 17.5 Å². The lowest BCUT2D eigenvalue weighted by Gasteiger charge is -2.28. The highest BCUT2D eigenvalue weighted by atomic mass is 16.6. The van der Waals surface area contributed by atoms with Gasteiger partial charge in [0.05, 0.1) is 18.5 Å². The molecule has 43 heavy (non-hydrogen) atoms. The first kappa shape index (κ1) is 32.2. The number of amides is 2. The zero-order valence-corrected chi connectivity index (χ0v) is 26.3. The fraction of sp³-hybridized carbons (Fsp3) is 0.581. The van der Waals surface area contributed by atoms with Gasteiger partial charge < -0.3 is 19.3 Å². The van der Waals surface area contributed by atoms with Gasteiger partial charge in [-0.05, 0) is 85.0 Å². The number of hydrogen-bond acceptors (Lipinski definition) is 10. The van der Waals surface area contributed by atoms with Crippen LogP contribution in [-0.2, 0) is 16.0 Å². The maximum atomic E-state index is 13.4. The third kappa shape index (κ3) is 8.41. The molecule has 0 radical (unpaired) electrons. The molecule has 1 atom stereocenters. The van der Waals surface area contributed by atoms with E-state index >= 15 is 0 Å². The Kier molecular flexibility index (Phi) is 9.91. The number of anilines is 1. The lowest BCUT2D eigenvalue weighted by atomic mass is 10.0. The Labute approximate surface area is 253 Å². The Morgan fingerprint density at radius 1 is 1.00 bits per heavy atom. The number of imide groups is 1. The second kappa shape index (κ2) is 13.3. The number of aromatic nitrogens is 4. The van der Waals surface area contributed by atoms with Crippen molar-refractivity contribution in [2.24, 2.45) is 0 Å². The molecule has 234 valence electrons. The van der Waals surface area contributed by atoms with E-state index in [0.29, 0.717) is 22.8 Å². The van der Waals surface area contributed by atoms with Crippen molar-refractivity contribution in [1.82, 2.24) is 24.5 Å². The zero-order valence-electron chi connectivity index (χ0n) is 26.3. The summed E-state index contributed by atoms with van der Waals surface area (Å²) in [6.45, 7) is 15.5. The second-order valence-corrected chi connectivity index (χ2v) is 12.8. The van der Waals surface area contributed by atoms with E-state index in [2.05, 4.69) is 20.0 Å². The summed E-state index contributed by atoms with van der Waals surface area (Å²) in [4.78, 5) is 38.8. The Morgan fingerprint density at radius 3 is 2.16 bits per heavy atom. The summed E-state index contributed by atoms with van der Waals surface area (Å²) in [5.74, 6) is -0.190. The third-order valence-corrected chi connectivity index (χ3v) is 6.62. The quantitative estimate of drug-likeness (QED) is 0.309. The largest absolute Gasteiger partial charge is 0.462 e. The van der Waals surface area contributed by atoms with E-state index in [1.807, 2.05) is 31.2 Å². The van der Waals surface area contributed by atoms with Crippen molar-refractivity contribution in [3.63, 3.8) is 0 Å². The molecule has 12 nitrogen and oxygen atoms in total. The van der Waals surface area contributed by atoms with Gasteiger partial charge in [0.2, 0.25) is 0 Å². The molecule has 3 heterocycles. The molecule has 1 aliphatic heterocycles. The molecule has 0 spiro atoms. The molecule has 1 aliphatic rings. The van der Waals surface area contributed by atoms with Crippen LogP contribution in [0.4, 0.5) is 15.4 Å². The van der Waals surface area contributed by atoms with Crippen molar-refractivity contribution in [1.29, 1.82) is 0 Å². The molecule has 1 N–H and O–H groups in total. The van der Waals surface area contributed by atoms with E-state index in [0.717, 1.165) is 38.0 Å². The van der Waals surface area contributed by atoms with Gasteiger partial charge in [-0.3, -0.25) is 4.90 Å². The van der Waals surface area contributed by atoms with E-state index in [4.69, 9.17) is 14.2 Å². The van der Waals surface area contributed by atoms with Crippen LogP contribution in [0.1, 0.15) is 97.1 Å². The number of hydrogen-bond donors (Lipinski definition) is 1. The van der Waals surface area contributed by atoms with Crippen molar-refractivity contribution < 1.29 is 28.9 Å². The Bertz CT molecular complexity index is 1380. The highest BCUT2D eigenvalue weighted by molar-refractivity contribution is 6.10. The molecule has 1 aromatic carbocycles. The number of unbranched alkanes of at least 4 members (excludes halogenated alkanes) is 1. The van der Waals surface area contributed by atoms with Crippen LogP contribution in [0.5, 0.6) is 6.01 Å². The van der Waals surface area contributed by atoms with E-state index in [9.17, 15) is 14.7 Å². The topological polar surface area (TPSA) is 132 Å². The molecule has 2 aromatic heterocycles. The van der Waals surface area contributed by atoms with Crippen molar-refractivity contribution >= 4 is 23.7 Å². The molecule has 1 fully saturated rings. The van der Waals surface area contributed by atoms with Gasteiger partial charge in [0.15, 0.2) is 11.5 Å². The van der Waals surface area contributed by atoms with E-state index in [1.54, 1.807) is 41.5 Å². The minimum absolute atomic E-state index is 0.0410. The molecule has 0 aliphatic carbocycles. The Morgan fingerprint density at radius 2 is 1.60 bits per heavy atom. The average Bonchev–Trinajstić information content (AvgIpc) is 3.57. The number of aliphatic hydroxyl groups is 1. The number of benzene rings is 1. The molecular formula is C31H44N6O6. The number of fused-ring (bicyclic) bond motifs is 1.